The molecule has 1 aliphatic rings. The predicted molar refractivity (Wildman–Crippen MR) is 40.8 cm³/mol. The first-order chi connectivity index (χ1) is 5.86. The van der Waals surface area contributed by atoms with Crippen LogP contribution in [0.1, 0.15) is 11.9 Å². The van der Waals surface area contributed by atoms with Gasteiger partial charge in [-0.3, -0.25) is 4.98 Å². The Morgan fingerprint density at radius 1 is 1.58 bits per heavy atom. The van der Waals surface area contributed by atoms with Gasteiger partial charge in [-0.25, -0.2) is 9.89 Å². The Labute approximate surface area is 68.3 Å². The van der Waals surface area contributed by atoms with Gasteiger partial charge in [0.2, 0.25) is 0 Å². The molecule has 1 aliphatic heterocycles. The Bertz CT molecular complexity index is 298. The molecule has 0 spiro atoms. The maximum atomic E-state index is 10.7. The van der Waals surface area contributed by atoms with E-state index in [0.717, 1.165) is 6.54 Å². The minimum atomic E-state index is -0.280. The molecule has 0 radical (unpaired) electrons. The number of rotatable bonds is 1. The molecule has 6 nitrogen and oxygen atoms in total. The summed E-state index contributed by atoms with van der Waals surface area (Å²) in [5.74, 6) is 0.611. The highest BCUT2D eigenvalue weighted by molar-refractivity contribution is 4.92. The number of nitrogens with one attached hydrogen (secondary N) is 3. The molecule has 12 heavy (non-hydrogen) atoms. The highest BCUT2D eigenvalue weighted by Gasteiger charge is 2.17. The van der Waals surface area contributed by atoms with Gasteiger partial charge in [-0.05, 0) is 0 Å². The molecule has 0 aromatic carbocycles. The van der Waals surface area contributed by atoms with E-state index in [0.29, 0.717) is 19.0 Å². The lowest BCUT2D eigenvalue weighted by Crippen LogP contribution is -2.35. The zero-order valence-electron chi connectivity index (χ0n) is 6.46. The second kappa shape index (κ2) is 3.08. The molecule has 0 aliphatic carbocycles. The van der Waals surface area contributed by atoms with Crippen molar-refractivity contribution in [3.8, 4) is 0 Å². The summed E-state index contributed by atoms with van der Waals surface area (Å²) in [7, 11) is 0. The van der Waals surface area contributed by atoms with E-state index in [9.17, 15) is 4.79 Å². The lowest BCUT2D eigenvalue weighted by Gasteiger charge is -2.21. The molecular weight excluding hydrogens is 160 g/mol. The van der Waals surface area contributed by atoms with Crippen LogP contribution in [-0.4, -0.2) is 34.9 Å². The van der Waals surface area contributed by atoms with Gasteiger partial charge in [-0.1, -0.05) is 0 Å². The van der Waals surface area contributed by atoms with Gasteiger partial charge in [0, 0.05) is 6.54 Å². The van der Waals surface area contributed by atoms with Crippen LogP contribution in [0, 0.1) is 0 Å². The van der Waals surface area contributed by atoms with Crippen LogP contribution in [0.2, 0.25) is 0 Å². The highest BCUT2D eigenvalue weighted by Crippen LogP contribution is 2.07. The number of H-pyrrole nitrogens is 2. The first-order valence-corrected chi connectivity index (χ1v) is 3.82. The van der Waals surface area contributed by atoms with Crippen molar-refractivity contribution in [3.63, 3.8) is 0 Å². The third kappa shape index (κ3) is 1.39. The van der Waals surface area contributed by atoms with E-state index >= 15 is 0 Å². The minimum absolute atomic E-state index is 0.0118. The maximum Gasteiger partial charge on any atom is 0.340 e. The number of hydrogen-bond donors (Lipinski definition) is 3. The lowest BCUT2D eigenvalue weighted by molar-refractivity contribution is 0.0743. The standard InChI is InChI=1S/C6H10N4O2/c11-6-8-5(9-10-6)4-3-12-2-1-7-4/h4,7H,1-3H2,(H2,8,9,10,11). The minimum Gasteiger partial charge on any atom is -0.378 e. The summed E-state index contributed by atoms with van der Waals surface area (Å²) >= 11 is 0. The SMILES string of the molecule is O=c1[nH]nc(C2COCCN2)[nH]1. The molecule has 1 unspecified atom stereocenters. The molecule has 3 N–H and O–H groups in total. The van der Waals surface area contributed by atoms with Gasteiger partial charge in [0.05, 0.1) is 19.3 Å². The van der Waals surface area contributed by atoms with Gasteiger partial charge < -0.3 is 10.1 Å². The van der Waals surface area contributed by atoms with E-state index < -0.39 is 0 Å². The Balaban J connectivity index is 2.13. The Hall–Kier alpha value is -1.14. The summed E-state index contributed by atoms with van der Waals surface area (Å²) in [4.78, 5) is 13.3. The lowest BCUT2D eigenvalue weighted by atomic mass is 10.3. The Morgan fingerprint density at radius 3 is 3.08 bits per heavy atom. The molecule has 0 amide bonds. The highest BCUT2D eigenvalue weighted by atomic mass is 16.5. The first-order valence-electron chi connectivity index (χ1n) is 3.82. The summed E-state index contributed by atoms with van der Waals surface area (Å²) in [6, 6.07) is 0.0118. The zero-order chi connectivity index (χ0) is 8.39. The van der Waals surface area contributed by atoms with Crippen molar-refractivity contribution in [2.45, 2.75) is 6.04 Å². The third-order valence-electron chi connectivity index (χ3n) is 1.77. The van der Waals surface area contributed by atoms with E-state index in [1.807, 2.05) is 0 Å². The van der Waals surface area contributed by atoms with Crippen molar-refractivity contribution in [3.05, 3.63) is 16.3 Å². The Kier molecular flexibility index (Phi) is 1.92. The van der Waals surface area contributed by atoms with Crippen molar-refractivity contribution in [2.24, 2.45) is 0 Å². The monoisotopic (exact) mass is 170 g/mol. The topological polar surface area (TPSA) is 82.8 Å². The number of nitrogens with zero attached hydrogens (tertiary/aromatic N) is 1. The molecule has 6 heteroatoms. The average Bonchev–Trinajstić information content (AvgIpc) is 2.54. The van der Waals surface area contributed by atoms with Gasteiger partial charge >= 0.3 is 5.69 Å². The number of aromatic nitrogens is 3. The molecule has 1 atom stereocenters. The maximum absolute atomic E-state index is 10.7. The number of ether oxygens (including phenoxy) is 1. The summed E-state index contributed by atoms with van der Waals surface area (Å²) in [5.41, 5.74) is -0.280. The summed E-state index contributed by atoms with van der Waals surface area (Å²) < 4.78 is 5.21. The van der Waals surface area contributed by atoms with E-state index in [2.05, 4.69) is 20.5 Å². The second-order valence-corrected chi connectivity index (χ2v) is 2.64. The molecule has 2 heterocycles. The average molecular weight is 170 g/mol. The summed E-state index contributed by atoms with van der Waals surface area (Å²) in [6.45, 7) is 2.06. The van der Waals surface area contributed by atoms with Crippen LogP contribution >= 0.6 is 0 Å². The normalized spacial score (nSPS) is 24.2. The fraction of sp³-hybridized carbons (Fsp3) is 0.667. The van der Waals surface area contributed by atoms with E-state index in [-0.39, 0.29) is 11.7 Å². The van der Waals surface area contributed by atoms with Crippen LogP contribution in [0.4, 0.5) is 0 Å². The number of aromatic amines is 2. The van der Waals surface area contributed by atoms with Crippen molar-refractivity contribution in [1.82, 2.24) is 20.5 Å². The smallest absolute Gasteiger partial charge is 0.340 e. The molecule has 1 saturated heterocycles. The predicted octanol–water partition coefficient (Wildman–Crippen LogP) is -1.24. The zero-order valence-corrected chi connectivity index (χ0v) is 6.46. The number of hydrogen-bond acceptors (Lipinski definition) is 4. The van der Waals surface area contributed by atoms with Gasteiger partial charge in [0.1, 0.15) is 5.82 Å². The van der Waals surface area contributed by atoms with Gasteiger partial charge in [0.25, 0.3) is 0 Å². The van der Waals surface area contributed by atoms with Gasteiger partial charge in [-0.2, -0.15) is 5.10 Å². The van der Waals surface area contributed by atoms with Crippen LogP contribution in [0.5, 0.6) is 0 Å². The fourth-order valence-corrected chi connectivity index (χ4v) is 1.19. The molecule has 66 valence electrons. The largest absolute Gasteiger partial charge is 0.378 e. The molecular formula is C6H10N4O2. The quantitative estimate of drug-likeness (QED) is 0.492. The molecule has 1 aromatic rings. The summed E-state index contributed by atoms with van der Waals surface area (Å²) in [5, 5.41) is 9.28. The second-order valence-electron chi connectivity index (χ2n) is 2.64. The van der Waals surface area contributed by atoms with Crippen LogP contribution in [0.3, 0.4) is 0 Å². The van der Waals surface area contributed by atoms with Crippen LogP contribution in [0.15, 0.2) is 4.79 Å². The fourth-order valence-electron chi connectivity index (χ4n) is 1.19. The molecule has 0 bridgehead atoms. The van der Waals surface area contributed by atoms with Crippen LogP contribution < -0.4 is 11.0 Å². The molecule has 2 rings (SSSR count). The Morgan fingerprint density at radius 2 is 2.50 bits per heavy atom. The molecule has 0 saturated carbocycles. The van der Waals surface area contributed by atoms with Crippen molar-refractivity contribution in [2.75, 3.05) is 19.8 Å². The third-order valence-corrected chi connectivity index (χ3v) is 1.77. The van der Waals surface area contributed by atoms with Gasteiger partial charge in [0.15, 0.2) is 0 Å². The summed E-state index contributed by atoms with van der Waals surface area (Å²) in [6.07, 6.45) is 0. The molecule has 1 aromatic heterocycles. The van der Waals surface area contributed by atoms with Crippen molar-refractivity contribution < 1.29 is 4.74 Å². The van der Waals surface area contributed by atoms with E-state index in [1.165, 1.54) is 0 Å². The van der Waals surface area contributed by atoms with Crippen LogP contribution in [-0.2, 0) is 4.74 Å². The van der Waals surface area contributed by atoms with E-state index in [4.69, 9.17) is 4.74 Å². The van der Waals surface area contributed by atoms with Gasteiger partial charge in [-0.15, -0.1) is 0 Å². The van der Waals surface area contributed by atoms with E-state index in [1.54, 1.807) is 0 Å². The van der Waals surface area contributed by atoms with Crippen molar-refractivity contribution >= 4 is 0 Å². The number of morpholine rings is 1. The molecule has 1 fully saturated rings. The first kappa shape index (κ1) is 7.51. The van der Waals surface area contributed by atoms with Crippen LogP contribution in [0.25, 0.3) is 0 Å². The van der Waals surface area contributed by atoms with Crippen molar-refractivity contribution in [1.29, 1.82) is 0 Å².